The molecule has 0 aliphatic rings. The van der Waals surface area contributed by atoms with Crippen LogP contribution in [0.4, 0.5) is 4.79 Å². The first-order valence-corrected chi connectivity index (χ1v) is 14.6. The van der Waals surface area contributed by atoms with Gasteiger partial charge in [-0.25, -0.2) is 14.6 Å². The van der Waals surface area contributed by atoms with Gasteiger partial charge in [0.2, 0.25) is 11.8 Å². The maximum absolute atomic E-state index is 14.7. The van der Waals surface area contributed by atoms with Crippen molar-refractivity contribution in [1.29, 1.82) is 0 Å². The van der Waals surface area contributed by atoms with Crippen LogP contribution in [0, 0.1) is 5.92 Å². The zero-order chi connectivity index (χ0) is 33.2. The molecular weight excluding hydrogens is 570 g/mol. The summed E-state index contributed by atoms with van der Waals surface area (Å²) in [4.78, 5) is 61.7. The fourth-order valence-corrected chi connectivity index (χ4v) is 4.65. The number of aromatic amines is 1. The third-order valence-corrected chi connectivity index (χ3v) is 6.50. The van der Waals surface area contributed by atoms with Crippen LogP contribution in [0.5, 0.6) is 5.75 Å². The van der Waals surface area contributed by atoms with E-state index in [0.29, 0.717) is 17.0 Å². The highest BCUT2D eigenvalue weighted by Crippen LogP contribution is 2.24. The summed E-state index contributed by atoms with van der Waals surface area (Å²) in [7, 11) is 1.53. The number of aromatic nitrogens is 2. The number of primary amides is 1. The lowest BCUT2D eigenvalue weighted by Crippen LogP contribution is -2.63. The zero-order valence-corrected chi connectivity index (χ0v) is 26.8. The van der Waals surface area contributed by atoms with Crippen LogP contribution in [-0.2, 0) is 36.7 Å². The second-order valence-electron chi connectivity index (χ2n) is 12.3. The van der Waals surface area contributed by atoms with Crippen molar-refractivity contribution in [2.75, 3.05) is 7.11 Å². The predicted octanol–water partition coefficient (Wildman–Crippen LogP) is 2.51. The summed E-state index contributed by atoms with van der Waals surface area (Å²) < 4.78 is 16.0. The first kappa shape index (κ1) is 36.1. The number of amides is 3. The van der Waals surface area contributed by atoms with E-state index in [4.69, 9.17) is 19.9 Å². The highest BCUT2D eigenvalue weighted by atomic mass is 16.6. The Morgan fingerprint density at radius 3 is 2.18 bits per heavy atom. The third-order valence-electron chi connectivity index (χ3n) is 6.50. The van der Waals surface area contributed by atoms with Gasteiger partial charge >= 0.3 is 12.1 Å². The fraction of sp³-hybridized carbons (Fsp3) is 0.581. The number of esters is 1. The van der Waals surface area contributed by atoms with Gasteiger partial charge in [0.1, 0.15) is 23.4 Å². The van der Waals surface area contributed by atoms with E-state index in [2.05, 4.69) is 15.3 Å². The third kappa shape index (κ3) is 11.2. The monoisotopic (exact) mass is 617 g/mol. The number of hydrogen-bond donors (Lipinski definition) is 4. The van der Waals surface area contributed by atoms with E-state index in [9.17, 15) is 24.3 Å². The number of carbonyl (C=O) groups excluding carboxylic acids is 4. The standard InChI is InChI=1S/C31H47N5O8/c1-18(2)13-24(26(37)29(40)43-19(3)4)36(25(27(32)38)15-21-16-33-17-34-21)28(39)23(35-30(41)44-31(5,6)7)14-20-9-11-22(42-8)12-10-20/h9-12,16-19,23-26,37H,13-15H2,1-8H3,(H2,32,38)(H,33,34)(H,35,41)/t23-,24-,25-,26+/m0/s1. The molecule has 1 aromatic heterocycles. The molecule has 0 saturated carbocycles. The Hall–Kier alpha value is -4.13. The average molecular weight is 618 g/mol. The van der Waals surface area contributed by atoms with Crippen molar-refractivity contribution in [3.8, 4) is 5.75 Å². The highest BCUT2D eigenvalue weighted by Gasteiger charge is 2.44. The van der Waals surface area contributed by atoms with Crippen LogP contribution >= 0.6 is 0 Å². The number of nitrogens with zero attached hydrogens (tertiary/aromatic N) is 2. The molecule has 0 radical (unpaired) electrons. The van der Waals surface area contributed by atoms with Crippen LogP contribution in [0.1, 0.15) is 66.1 Å². The van der Waals surface area contributed by atoms with Crippen LogP contribution in [0.15, 0.2) is 36.8 Å². The lowest BCUT2D eigenvalue weighted by atomic mass is 9.93. The van der Waals surface area contributed by atoms with Crippen LogP contribution in [-0.4, -0.2) is 86.9 Å². The molecule has 1 aromatic carbocycles. The number of benzene rings is 1. The Balaban J connectivity index is 2.69. The number of methoxy groups -OCH3 is 1. The predicted molar refractivity (Wildman–Crippen MR) is 162 cm³/mol. The molecule has 0 unspecified atom stereocenters. The van der Waals surface area contributed by atoms with Crippen molar-refractivity contribution in [2.24, 2.45) is 11.7 Å². The summed E-state index contributed by atoms with van der Waals surface area (Å²) in [6.45, 7) is 12.0. The summed E-state index contributed by atoms with van der Waals surface area (Å²) in [6.07, 6.45) is -0.352. The molecule has 13 heteroatoms. The first-order valence-electron chi connectivity index (χ1n) is 14.6. The van der Waals surface area contributed by atoms with Gasteiger partial charge in [0.25, 0.3) is 0 Å². The molecule has 3 amide bonds. The van der Waals surface area contributed by atoms with Crippen LogP contribution < -0.4 is 15.8 Å². The molecule has 2 rings (SSSR count). The molecule has 0 saturated heterocycles. The van der Waals surface area contributed by atoms with E-state index in [0.717, 1.165) is 4.90 Å². The zero-order valence-electron chi connectivity index (χ0n) is 26.8. The van der Waals surface area contributed by atoms with Crippen molar-refractivity contribution in [3.63, 3.8) is 0 Å². The molecule has 44 heavy (non-hydrogen) atoms. The molecule has 2 aromatic rings. The summed E-state index contributed by atoms with van der Waals surface area (Å²) in [5.41, 5.74) is 6.17. The Morgan fingerprint density at radius 2 is 1.70 bits per heavy atom. The number of nitrogens with two attached hydrogens (primary N) is 1. The Labute approximate surface area is 258 Å². The van der Waals surface area contributed by atoms with Crippen molar-refractivity contribution < 1.29 is 38.5 Å². The molecule has 5 N–H and O–H groups in total. The number of hydrogen-bond acceptors (Lipinski definition) is 9. The molecule has 0 bridgehead atoms. The van der Waals surface area contributed by atoms with E-state index in [1.54, 1.807) is 58.9 Å². The van der Waals surface area contributed by atoms with E-state index < -0.39 is 59.8 Å². The van der Waals surface area contributed by atoms with Gasteiger partial charge in [0.05, 0.1) is 25.6 Å². The molecule has 0 fully saturated rings. The number of rotatable bonds is 15. The lowest BCUT2D eigenvalue weighted by molar-refractivity contribution is -0.166. The number of carbonyl (C=O) groups is 4. The van der Waals surface area contributed by atoms with Crippen molar-refractivity contribution in [3.05, 3.63) is 48.0 Å². The minimum atomic E-state index is -1.82. The normalized spacial score (nSPS) is 14.3. The van der Waals surface area contributed by atoms with Gasteiger partial charge in [-0.2, -0.15) is 0 Å². The maximum atomic E-state index is 14.7. The summed E-state index contributed by atoms with van der Waals surface area (Å²) in [6, 6.07) is 3.01. The Bertz CT molecular complexity index is 1220. The quantitative estimate of drug-likeness (QED) is 0.218. The van der Waals surface area contributed by atoms with E-state index in [-0.39, 0.29) is 25.2 Å². The van der Waals surface area contributed by atoms with Crippen LogP contribution in [0.25, 0.3) is 0 Å². The smallest absolute Gasteiger partial charge is 0.408 e. The summed E-state index contributed by atoms with van der Waals surface area (Å²) in [5.74, 6) is -2.14. The van der Waals surface area contributed by atoms with Gasteiger partial charge in [-0.05, 0) is 64.7 Å². The van der Waals surface area contributed by atoms with Gasteiger partial charge in [0, 0.05) is 24.7 Å². The highest BCUT2D eigenvalue weighted by molar-refractivity contribution is 5.92. The number of imidazole rings is 1. The molecule has 13 nitrogen and oxygen atoms in total. The Kier molecular flexibility index (Phi) is 13.2. The second-order valence-corrected chi connectivity index (χ2v) is 12.3. The van der Waals surface area contributed by atoms with Crippen molar-refractivity contribution in [2.45, 2.75) is 104 Å². The first-order chi connectivity index (χ1) is 20.5. The number of aliphatic hydroxyl groups excluding tert-OH is 1. The molecule has 1 heterocycles. The molecule has 244 valence electrons. The number of H-pyrrole nitrogens is 1. The average Bonchev–Trinajstić information content (AvgIpc) is 3.43. The number of ether oxygens (including phenoxy) is 3. The second kappa shape index (κ2) is 16.1. The van der Waals surface area contributed by atoms with Crippen molar-refractivity contribution in [1.82, 2.24) is 20.2 Å². The summed E-state index contributed by atoms with van der Waals surface area (Å²) in [5, 5.41) is 14.0. The fourth-order valence-electron chi connectivity index (χ4n) is 4.65. The van der Waals surface area contributed by atoms with E-state index in [1.807, 2.05) is 13.8 Å². The number of alkyl carbamates (subject to hydrolysis) is 1. The van der Waals surface area contributed by atoms with E-state index in [1.165, 1.54) is 19.6 Å². The number of nitrogens with one attached hydrogen (secondary N) is 2. The van der Waals surface area contributed by atoms with Crippen LogP contribution in [0.2, 0.25) is 0 Å². The largest absolute Gasteiger partial charge is 0.497 e. The van der Waals surface area contributed by atoms with Gasteiger partial charge in [-0.15, -0.1) is 0 Å². The van der Waals surface area contributed by atoms with Crippen LogP contribution in [0.3, 0.4) is 0 Å². The van der Waals surface area contributed by atoms with Gasteiger partial charge < -0.3 is 40.3 Å². The number of aliphatic hydroxyl groups is 1. The van der Waals surface area contributed by atoms with Gasteiger partial charge in [0.15, 0.2) is 6.10 Å². The molecule has 0 aliphatic carbocycles. The molecular formula is C31H47N5O8. The molecule has 4 atom stereocenters. The van der Waals surface area contributed by atoms with Gasteiger partial charge in [-0.3, -0.25) is 9.59 Å². The SMILES string of the molecule is COc1ccc(C[C@H](NC(=O)OC(C)(C)C)C(=O)N([C@@H](Cc2cnc[nH]2)C(N)=O)[C@@H](CC(C)C)[C@@H](O)C(=O)OC(C)C)cc1. The van der Waals surface area contributed by atoms with Crippen molar-refractivity contribution >= 4 is 23.9 Å². The molecule has 0 spiro atoms. The Morgan fingerprint density at radius 1 is 1.07 bits per heavy atom. The minimum Gasteiger partial charge on any atom is -0.497 e. The maximum Gasteiger partial charge on any atom is 0.408 e. The lowest BCUT2D eigenvalue weighted by Gasteiger charge is -2.41. The van der Waals surface area contributed by atoms with Gasteiger partial charge in [-0.1, -0.05) is 26.0 Å². The van der Waals surface area contributed by atoms with E-state index >= 15 is 0 Å². The summed E-state index contributed by atoms with van der Waals surface area (Å²) >= 11 is 0. The minimum absolute atomic E-state index is 0.0188. The topological polar surface area (TPSA) is 186 Å². The molecule has 0 aliphatic heterocycles.